The Hall–Kier alpha value is -3.39. The van der Waals surface area contributed by atoms with Crippen LogP contribution in [0, 0.1) is 17.8 Å². The standard InChI is InChI=1S/C28H29N3O4S/c32-27(33)25-2-1-11-29-26(25)30-22-7-9-24(10-8-22)36(34,35)31-23-5-3-21(4-6-23)28-15-18-12-19(16-28)14-20(13-18)17-28/h1-11,18-20,31H,12-17H2,(H,29,30)(H,32,33). The van der Waals surface area contributed by atoms with E-state index in [1.54, 1.807) is 18.2 Å². The van der Waals surface area contributed by atoms with E-state index in [2.05, 4.69) is 27.2 Å². The molecule has 3 aromatic rings. The van der Waals surface area contributed by atoms with Crippen LogP contribution in [0.3, 0.4) is 0 Å². The average molecular weight is 504 g/mol. The first-order chi connectivity index (χ1) is 17.3. The topological polar surface area (TPSA) is 108 Å². The Balaban J connectivity index is 1.16. The number of rotatable bonds is 7. The summed E-state index contributed by atoms with van der Waals surface area (Å²) in [6.45, 7) is 0. The number of carboxylic acids is 1. The summed E-state index contributed by atoms with van der Waals surface area (Å²) in [6.07, 6.45) is 9.51. The number of nitrogens with zero attached hydrogens (tertiary/aromatic N) is 1. The van der Waals surface area contributed by atoms with E-state index < -0.39 is 16.0 Å². The zero-order valence-electron chi connectivity index (χ0n) is 19.9. The molecule has 1 aromatic heterocycles. The lowest BCUT2D eigenvalue weighted by Crippen LogP contribution is -2.48. The lowest BCUT2D eigenvalue weighted by atomic mass is 9.48. The highest BCUT2D eigenvalue weighted by atomic mass is 32.2. The average Bonchev–Trinajstić information content (AvgIpc) is 2.84. The Morgan fingerprint density at radius 1 is 0.861 bits per heavy atom. The highest BCUT2D eigenvalue weighted by molar-refractivity contribution is 7.92. The second-order valence-corrected chi connectivity index (χ2v) is 12.4. The van der Waals surface area contributed by atoms with Gasteiger partial charge in [-0.3, -0.25) is 4.72 Å². The molecular weight excluding hydrogens is 474 g/mol. The van der Waals surface area contributed by atoms with Gasteiger partial charge in [0, 0.05) is 17.6 Å². The van der Waals surface area contributed by atoms with Gasteiger partial charge in [-0.15, -0.1) is 0 Å². The van der Waals surface area contributed by atoms with E-state index in [-0.39, 0.29) is 21.7 Å². The maximum atomic E-state index is 13.0. The molecule has 186 valence electrons. The summed E-state index contributed by atoms with van der Waals surface area (Å²) >= 11 is 0. The fourth-order valence-corrected chi connectivity index (χ4v) is 8.16. The van der Waals surface area contributed by atoms with Crippen LogP contribution in [0.1, 0.15) is 54.4 Å². The Labute approximate surface area is 211 Å². The molecule has 3 N–H and O–H groups in total. The summed E-state index contributed by atoms with van der Waals surface area (Å²) < 4.78 is 28.7. The molecule has 36 heavy (non-hydrogen) atoms. The molecule has 8 heteroatoms. The van der Waals surface area contributed by atoms with E-state index >= 15 is 0 Å². The van der Waals surface area contributed by atoms with Gasteiger partial charge >= 0.3 is 5.97 Å². The molecule has 4 bridgehead atoms. The number of hydrogen-bond acceptors (Lipinski definition) is 5. The lowest BCUT2D eigenvalue weighted by Gasteiger charge is -2.57. The van der Waals surface area contributed by atoms with Crippen molar-refractivity contribution < 1.29 is 18.3 Å². The predicted octanol–water partition coefficient (Wildman–Crippen LogP) is 5.79. The molecule has 4 aliphatic carbocycles. The van der Waals surface area contributed by atoms with Crippen LogP contribution in [0.2, 0.25) is 0 Å². The molecule has 0 saturated heterocycles. The van der Waals surface area contributed by atoms with Crippen LogP contribution in [0.5, 0.6) is 0 Å². The van der Waals surface area contributed by atoms with Crippen molar-refractivity contribution in [2.45, 2.75) is 48.8 Å². The summed E-state index contributed by atoms with van der Waals surface area (Å²) in [5.74, 6) is 1.68. The van der Waals surface area contributed by atoms with Gasteiger partial charge in [0.2, 0.25) is 0 Å². The minimum atomic E-state index is -3.77. The number of carbonyl (C=O) groups is 1. The summed E-state index contributed by atoms with van der Waals surface area (Å²) in [6, 6.07) is 17.1. The van der Waals surface area contributed by atoms with Crippen LogP contribution >= 0.6 is 0 Å². The van der Waals surface area contributed by atoms with Crippen LogP contribution in [-0.4, -0.2) is 24.5 Å². The monoisotopic (exact) mass is 503 g/mol. The third-order valence-electron chi connectivity index (χ3n) is 8.25. The SMILES string of the molecule is O=C(O)c1cccnc1Nc1ccc(S(=O)(=O)Nc2ccc(C34CC5CC(CC(C5)C3)C4)cc2)cc1. The first-order valence-corrected chi connectivity index (χ1v) is 14.0. The summed E-state index contributed by atoms with van der Waals surface area (Å²) in [4.78, 5) is 15.6. The smallest absolute Gasteiger partial charge is 0.339 e. The zero-order chi connectivity index (χ0) is 24.9. The van der Waals surface area contributed by atoms with E-state index in [0.717, 1.165) is 17.8 Å². The molecule has 1 heterocycles. The Morgan fingerprint density at radius 2 is 1.44 bits per heavy atom. The van der Waals surface area contributed by atoms with Crippen LogP contribution in [0.4, 0.5) is 17.2 Å². The minimum Gasteiger partial charge on any atom is -0.478 e. The van der Waals surface area contributed by atoms with Crippen molar-refractivity contribution in [1.29, 1.82) is 0 Å². The zero-order valence-corrected chi connectivity index (χ0v) is 20.7. The summed E-state index contributed by atoms with van der Waals surface area (Å²) in [7, 11) is -3.77. The number of anilines is 3. The second kappa shape index (κ2) is 8.62. The van der Waals surface area contributed by atoms with Gasteiger partial charge in [-0.05, 0) is 116 Å². The third-order valence-corrected chi connectivity index (χ3v) is 9.65. The number of aromatic carboxylic acids is 1. The van der Waals surface area contributed by atoms with Crippen LogP contribution < -0.4 is 10.0 Å². The molecule has 4 saturated carbocycles. The van der Waals surface area contributed by atoms with Gasteiger partial charge in [0.05, 0.1) is 4.90 Å². The molecule has 4 aliphatic rings. The summed E-state index contributed by atoms with van der Waals surface area (Å²) in [5.41, 5.74) is 2.76. The van der Waals surface area contributed by atoms with Gasteiger partial charge in [-0.2, -0.15) is 0 Å². The first kappa shape index (κ1) is 23.0. The quantitative estimate of drug-likeness (QED) is 0.376. The fourth-order valence-electron chi connectivity index (χ4n) is 7.10. The Kier molecular flexibility index (Phi) is 5.52. The number of sulfonamides is 1. The van der Waals surface area contributed by atoms with E-state index in [4.69, 9.17) is 0 Å². The van der Waals surface area contributed by atoms with Gasteiger partial charge in [0.15, 0.2) is 0 Å². The van der Waals surface area contributed by atoms with Crippen molar-refractivity contribution >= 4 is 33.2 Å². The van der Waals surface area contributed by atoms with Crippen molar-refractivity contribution in [2.75, 3.05) is 10.0 Å². The van der Waals surface area contributed by atoms with Crippen molar-refractivity contribution in [2.24, 2.45) is 17.8 Å². The normalized spacial score (nSPS) is 26.5. The van der Waals surface area contributed by atoms with E-state index in [1.165, 1.54) is 68.5 Å². The predicted molar refractivity (Wildman–Crippen MR) is 138 cm³/mol. The number of benzene rings is 2. The number of carboxylic acid groups (broad SMARTS) is 1. The van der Waals surface area contributed by atoms with E-state index in [9.17, 15) is 18.3 Å². The highest BCUT2D eigenvalue weighted by Gasteiger charge is 2.51. The van der Waals surface area contributed by atoms with Gasteiger partial charge in [0.25, 0.3) is 10.0 Å². The number of pyridine rings is 1. The lowest BCUT2D eigenvalue weighted by molar-refractivity contribution is -0.00518. The van der Waals surface area contributed by atoms with Crippen molar-refractivity contribution in [3.63, 3.8) is 0 Å². The van der Waals surface area contributed by atoms with E-state index in [1.807, 2.05) is 12.1 Å². The summed E-state index contributed by atoms with van der Waals surface area (Å²) in [5, 5.41) is 12.2. The molecule has 0 unspecified atom stereocenters. The molecule has 4 fully saturated rings. The molecule has 0 spiro atoms. The number of nitrogens with one attached hydrogen (secondary N) is 2. The number of hydrogen-bond donors (Lipinski definition) is 3. The molecule has 0 aliphatic heterocycles. The third kappa shape index (κ3) is 4.23. The molecule has 0 radical (unpaired) electrons. The number of aromatic nitrogens is 1. The largest absolute Gasteiger partial charge is 0.478 e. The molecule has 2 aromatic carbocycles. The maximum absolute atomic E-state index is 13.0. The van der Waals surface area contributed by atoms with Gasteiger partial charge in [0.1, 0.15) is 11.4 Å². The fraction of sp³-hybridized carbons (Fsp3) is 0.357. The molecule has 0 amide bonds. The van der Waals surface area contributed by atoms with Crippen molar-refractivity contribution in [3.05, 3.63) is 78.0 Å². The van der Waals surface area contributed by atoms with Gasteiger partial charge in [-0.1, -0.05) is 12.1 Å². The van der Waals surface area contributed by atoms with Crippen molar-refractivity contribution in [3.8, 4) is 0 Å². The Bertz CT molecular complexity index is 1370. The molecular formula is C28H29N3O4S. The van der Waals surface area contributed by atoms with Crippen LogP contribution in [0.25, 0.3) is 0 Å². The second-order valence-electron chi connectivity index (χ2n) is 10.7. The van der Waals surface area contributed by atoms with E-state index in [0.29, 0.717) is 11.4 Å². The van der Waals surface area contributed by atoms with Gasteiger partial charge in [-0.25, -0.2) is 18.2 Å². The van der Waals surface area contributed by atoms with Crippen molar-refractivity contribution in [1.82, 2.24) is 4.98 Å². The molecule has 0 atom stereocenters. The Morgan fingerprint density at radius 3 is 2.03 bits per heavy atom. The maximum Gasteiger partial charge on any atom is 0.339 e. The molecule has 7 nitrogen and oxygen atoms in total. The molecule has 7 rings (SSSR count). The first-order valence-electron chi connectivity index (χ1n) is 12.5. The van der Waals surface area contributed by atoms with Gasteiger partial charge < -0.3 is 10.4 Å². The highest BCUT2D eigenvalue weighted by Crippen LogP contribution is 2.60. The van der Waals surface area contributed by atoms with Crippen LogP contribution in [-0.2, 0) is 15.4 Å². The minimum absolute atomic E-state index is 0.0351. The van der Waals surface area contributed by atoms with Crippen LogP contribution in [0.15, 0.2) is 71.8 Å².